The van der Waals surface area contributed by atoms with Crippen molar-refractivity contribution >= 4 is 17.6 Å². The summed E-state index contributed by atoms with van der Waals surface area (Å²) in [5, 5.41) is 13.1. The van der Waals surface area contributed by atoms with Crippen LogP contribution in [0, 0.1) is 0 Å². The maximum atomic E-state index is 11.6. The van der Waals surface area contributed by atoms with Gasteiger partial charge in [-0.1, -0.05) is 41.9 Å². The number of carboxylic acids is 1. The first-order valence-corrected chi connectivity index (χ1v) is 7.62. The summed E-state index contributed by atoms with van der Waals surface area (Å²) in [6.07, 6.45) is -1.07. The summed E-state index contributed by atoms with van der Waals surface area (Å²) in [6, 6.07) is 13.7. The van der Waals surface area contributed by atoms with Crippen molar-refractivity contribution in [3.05, 3.63) is 59.1 Å². The van der Waals surface area contributed by atoms with Crippen molar-refractivity contribution < 1.29 is 19.4 Å². The summed E-state index contributed by atoms with van der Waals surface area (Å²) in [4.78, 5) is 11.6. The van der Waals surface area contributed by atoms with Gasteiger partial charge in [-0.2, -0.15) is 0 Å². The van der Waals surface area contributed by atoms with Gasteiger partial charge in [-0.25, -0.2) is 4.79 Å². The lowest BCUT2D eigenvalue weighted by atomic mass is 10.1. The summed E-state index contributed by atoms with van der Waals surface area (Å²) in [6.45, 7) is 1.49. The Morgan fingerprint density at radius 2 is 1.91 bits per heavy atom. The van der Waals surface area contributed by atoms with Crippen molar-refractivity contribution in [3.63, 3.8) is 0 Å². The van der Waals surface area contributed by atoms with Gasteiger partial charge in [0.1, 0.15) is 6.10 Å². The Kier molecular flexibility index (Phi) is 4.69. The van der Waals surface area contributed by atoms with Crippen molar-refractivity contribution in [2.24, 2.45) is 0 Å². The van der Waals surface area contributed by atoms with Gasteiger partial charge < -0.3 is 19.9 Å². The molecule has 0 bridgehead atoms. The van der Waals surface area contributed by atoms with E-state index < -0.39 is 12.1 Å². The third kappa shape index (κ3) is 3.75. The molecule has 23 heavy (non-hydrogen) atoms. The summed E-state index contributed by atoms with van der Waals surface area (Å²) < 4.78 is 11.5. The molecule has 5 nitrogen and oxygen atoms in total. The minimum atomic E-state index is -1.11. The smallest absolute Gasteiger partial charge is 0.349 e. The quantitative estimate of drug-likeness (QED) is 0.850. The highest BCUT2D eigenvalue weighted by Gasteiger charge is 2.25. The van der Waals surface area contributed by atoms with E-state index in [0.717, 1.165) is 13.1 Å². The standard InChI is InChI=1S/C17H16ClNO4/c18-12-6-7-14(15(8-12)22-13-9-19-10-13)23-16(17(20)21)11-4-2-1-3-5-11/h1-8,13,16,19H,9-10H2,(H,20,21). The van der Waals surface area contributed by atoms with E-state index in [0.29, 0.717) is 22.1 Å². The molecule has 1 aliphatic heterocycles. The third-order valence-electron chi connectivity index (χ3n) is 3.51. The molecule has 0 saturated carbocycles. The monoisotopic (exact) mass is 333 g/mol. The molecule has 120 valence electrons. The van der Waals surface area contributed by atoms with Crippen LogP contribution in [0.1, 0.15) is 11.7 Å². The van der Waals surface area contributed by atoms with Crippen LogP contribution in [0.5, 0.6) is 11.5 Å². The average molecular weight is 334 g/mol. The Morgan fingerprint density at radius 3 is 2.52 bits per heavy atom. The summed E-state index contributed by atoms with van der Waals surface area (Å²) in [5.41, 5.74) is 0.561. The number of hydrogen-bond acceptors (Lipinski definition) is 4. The topological polar surface area (TPSA) is 67.8 Å². The molecule has 1 saturated heterocycles. The lowest BCUT2D eigenvalue weighted by molar-refractivity contribution is -0.145. The number of nitrogens with one attached hydrogen (secondary N) is 1. The van der Waals surface area contributed by atoms with Crippen molar-refractivity contribution in [2.45, 2.75) is 12.2 Å². The van der Waals surface area contributed by atoms with Crippen molar-refractivity contribution in [2.75, 3.05) is 13.1 Å². The van der Waals surface area contributed by atoms with Crippen LogP contribution in [0.25, 0.3) is 0 Å². The lowest BCUT2D eigenvalue weighted by Crippen LogP contribution is -2.50. The second-order valence-electron chi connectivity index (χ2n) is 5.24. The van der Waals surface area contributed by atoms with E-state index in [2.05, 4.69) is 5.32 Å². The van der Waals surface area contributed by atoms with Gasteiger partial charge in [0.05, 0.1) is 0 Å². The van der Waals surface area contributed by atoms with Gasteiger partial charge >= 0.3 is 5.97 Å². The molecule has 0 spiro atoms. The first-order chi connectivity index (χ1) is 11.1. The molecule has 0 aromatic heterocycles. The van der Waals surface area contributed by atoms with E-state index in [1.807, 2.05) is 6.07 Å². The molecular formula is C17H16ClNO4. The van der Waals surface area contributed by atoms with Gasteiger partial charge in [-0.3, -0.25) is 0 Å². The maximum absolute atomic E-state index is 11.6. The number of halogens is 1. The van der Waals surface area contributed by atoms with Crippen LogP contribution in [-0.2, 0) is 4.79 Å². The van der Waals surface area contributed by atoms with Gasteiger partial charge in [0.2, 0.25) is 6.10 Å². The molecule has 2 N–H and O–H groups in total. The number of ether oxygens (including phenoxy) is 2. The van der Waals surface area contributed by atoms with Gasteiger partial charge in [0.15, 0.2) is 11.5 Å². The third-order valence-corrected chi connectivity index (χ3v) is 3.75. The van der Waals surface area contributed by atoms with Gasteiger partial charge in [-0.15, -0.1) is 0 Å². The number of aliphatic carboxylic acids is 1. The molecule has 0 radical (unpaired) electrons. The zero-order valence-corrected chi connectivity index (χ0v) is 13.0. The molecule has 2 aromatic carbocycles. The number of carbonyl (C=O) groups is 1. The summed E-state index contributed by atoms with van der Waals surface area (Å²) in [5.74, 6) is -0.258. The zero-order chi connectivity index (χ0) is 16.2. The van der Waals surface area contributed by atoms with Crippen LogP contribution >= 0.6 is 11.6 Å². The number of rotatable bonds is 6. The Morgan fingerprint density at radius 1 is 1.17 bits per heavy atom. The van der Waals surface area contributed by atoms with E-state index in [1.54, 1.807) is 42.5 Å². The molecule has 3 rings (SSSR count). The maximum Gasteiger partial charge on any atom is 0.349 e. The second kappa shape index (κ2) is 6.89. The van der Waals surface area contributed by atoms with E-state index in [9.17, 15) is 9.90 Å². The molecule has 6 heteroatoms. The lowest BCUT2D eigenvalue weighted by Gasteiger charge is -2.29. The fourth-order valence-corrected chi connectivity index (χ4v) is 2.37. The summed E-state index contributed by atoms with van der Waals surface area (Å²) in [7, 11) is 0. The molecule has 1 fully saturated rings. The minimum Gasteiger partial charge on any atom is -0.484 e. The van der Waals surface area contributed by atoms with Crippen molar-refractivity contribution in [1.82, 2.24) is 5.32 Å². The van der Waals surface area contributed by atoms with E-state index >= 15 is 0 Å². The van der Waals surface area contributed by atoms with Crippen molar-refractivity contribution in [3.8, 4) is 11.5 Å². The van der Waals surface area contributed by atoms with Gasteiger partial charge in [0, 0.05) is 29.7 Å². The Bertz CT molecular complexity index is 688. The number of hydrogen-bond donors (Lipinski definition) is 2. The Balaban J connectivity index is 1.86. The average Bonchev–Trinajstić information content (AvgIpc) is 2.50. The van der Waals surface area contributed by atoms with Crippen LogP contribution in [0.3, 0.4) is 0 Å². The molecule has 1 unspecified atom stereocenters. The summed E-state index contributed by atoms with van der Waals surface area (Å²) >= 11 is 6.01. The van der Waals surface area contributed by atoms with Crippen LogP contribution in [0.2, 0.25) is 5.02 Å². The molecule has 0 amide bonds. The largest absolute Gasteiger partial charge is 0.484 e. The molecule has 1 heterocycles. The second-order valence-corrected chi connectivity index (χ2v) is 5.67. The SMILES string of the molecule is O=C(O)C(Oc1ccc(Cl)cc1OC1CNC1)c1ccccc1. The number of carboxylic acid groups (broad SMARTS) is 1. The number of benzene rings is 2. The van der Waals surface area contributed by atoms with Crippen LogP contribution < -0.4 is 14.8 Å². The first kappa shape index (κ1) is 15.6. The highest BCUT2D eigenvalue weighted by Crippen LogP contribution is 2.35. The highest BCUT2D eigenvalue weighted by atomic mass is 35.5. The fraction of sp³-hybridized carbons (Fsp3) is 0.235. The van der Waals surface area contributed by atoms with Crippen LogP contribution in [0.15, 0.2) is 48.5 Å². The van der Waals surface area contributed by atoms with Crippen molar-refractivity contribution in [1.29, 1.82) is 0 Å². The van der Waals surface area contributed by atoms with Gasteiger partial charge in [0.25, 0.3) is 0 Å². The normalized spacial score (nSPS) is 15.5. The van der Waals surface area contributed by atoms with Crippen LogP contribution in [-0.4, -0.2) is 30.3 Å². The van der Waals surface area contributed by atoms with E-state index in [1.165, 1.54) is 0 Å². The molecule has 0 aliphatic carbocycles. The predicted octanol–water partition coefficient (Wildman–Crippen LogP) is 2.90. The molecule has 1 aliphatic rings. The molecular weight excluding hydrogens is 318 g/mol. The fourth-order valence-electron chi connectivity index (χ4n) is 2.21. The predicted molar refractivity (Wildman–Crippen MR) is 86.2 cm³/mol. The van der Waals surface area contributed by atoms with E-state index in [4.69, 9.17) is 21.1 Å². The first-order valence-electron chi connectivity index (χ1n) is 7.25. The highest BCUT2D eigenvalue weighted by molar-refractivity contribution is 6.30. The zero-order valence-electron chi connectivity index (χ0n) is 12.2. The Labute approximate surface area is 138 Å². The van der Waals surface area contributed by atoms with Gasteiger partial charge in [-0.05, 0) is 12.1 Å². The minimum absolute atomic E-state index is 0.0378. The van der Waals surface area contributed by atoms with E-state index in [-0.39, 0.29) is 6.10 Å². The molecule has 2 aromatic rings. The Hall–Kier alpha value is -2.24. The van der Waals surface area contributed by atoms with Crippen LogP contribution in [0.4, 0.5) is 0 Å². The molecule has 1 atom stereocenters.